The van der Waals surface area contributed by atoms with Crippen LogP contribution in [0.25, 0.3) is 11.7 Å². The van der Waals surface area contributed by atoms with E-state index in [4.69, 9.17) is 13.6 Å². The van der Waals surface area contributed by atoms with Crippen molar-refractivity contribution in [2.45, 2.75) is 25.9 Å². The summed E-state index contributed by atoms with van der Waals surface area (Å²) in [5, 5.41) is 11.4. The third-order valence-electron chi connectivity index (χ3n) is 3.50. The quantitative estimate of drug-likeness (QED) is 0.900. The molecule has 0 aromatic carbocycles. The maximum Gasteiger partial charge on any atom is 0.283 e. The SMILES string of the molecule is C[C@H](NCc1nnc(-c2ccc(Br)o2)o1)[C@@H]1CCOC1. The Bertz CT molecular complexity index is 563. The van der Waals surface area contributed by atoms with Gasteiger partial charge in [0.05, 0.1) is 13.2 Å². The zero-order valence-electron chi connectivity index (χ0n) is 11.1. The Morgan fingerprint density at radius 1 is 1.40 bits per heavy atom. The minimum Gasteiger partial charge on any atom is -0.444 e. The average molecular weight is 342 g/mol. The third kappa shape index (κ3) is 3.11. The second-order valence-electron chi connectivity index (χ2n) is 4.90. The first-order valence-electron chi connectivity index (χ1n) is 6.61. The smallest absolute Gasteiger partial charge is 0.283 e. The topological polar surface area (TPSA) is 73.3 Å². The van der Waals surface area contributed by atoms with Gasteiger partial charge in [-0.2, -0.15) is 0 Å². The Morgan fingerprint density at radius 2 is 2.30 bits per heavy atom. The molecule has 1 N–H and O–H groups in total. The van der Waals surface area contributed by atoms with Crippen molar-refractivity contribution in [1.29, 1.82) is 0 Å². The molecule has 6 nitrogen and oxygen atoms in total. The highest BCUT2D eigenvalue weighted by molar-refractivity contribution is 9.10. The fourth-order valence-corrected chi connectivity index (χ4v) is 2.52. The maximum absolute atomic E-state index is 5.57. The zero-order valence-corrected chi connectivity index (χ0v) is 12.7. The van der Waals surface area contributed by atoms with Crippen LogP contribution in [-0.4, -0.2) is 29.5 Å². The van der Waals surface area contributed by atoms with Crippen LogP contribution < -0.4 is 5.32 Å². The summed E-state index contributed by atoms with van der Waals surface area (Å²) in [6, 6.07) is 3.94. The van der Waals surface area contributed by atoms with E-state index in [-0.39, 0.29) is 0 Å². The van der Waals surface area contributed by atoms with Crippen molar-refractivity contribution in [2.75, 3.05) is 13.2 Å². The van der Waals surface area contributed by atoms with E-state index in [0.717, 1.165) is 19.6 Å². The van der Waals surface area contributed by atoms with Crippen LogP contribution >= 0.6 is 15.9 Å². The molecule has 1 saturated heterocycles. The van der Waals surface area contributed by atoms with Crippen LogP contribution in [0.1, 0.15) is 19.2 Å². The van der Waals surface area contributed by atoms with E-state index in [1.807, 2.05) is 0 Å². The van der Waals surface area contributed by atoms with E-state index in [0.29, 0.717) is 40.7 Å². The number of rotatable bonds is 5. The minimum atomic E-state index is 0.366. The highest BCUT2D eigenvalue weighted by Crippen LogP contribution is 2.24. The molecule has 20 heavy (non-hydrogen) atoms. The van der Waals surface area contributed by atoms with Gasteiger partial charge < -0.3 is 18.9 Å². The van der Waals surface area contributed by atoms with Crippen LogP contribution in [0.2, 0.25) is 0 Å². The number of hydrogen-bond acceptors (Lipinski definition) is 6. The molecule has 1 aliphatic heterocycles. The van der Waals surface area contributed by atoms with Gasteiger partial charge >= 0.3 is 0 Å². The van der Waals surface area contributed by atoms with Crippen molar-refractivity contribution < 1.29 is 13.6 Å². The van der Waals surface area contributed by atoms with E-state index in [1.54, 1.807) is 12.1 Å². The summed E-state index contributed by atoms with van der Waals surface area (Å²) in [4.78, 5) is 0. The molecular weight excluding hydrogens is 326 g/mol. The summed E-state index contributed by atoms with van der Waals surface area (Å²) < 4.78 is 17.0. The summed E-state index contributed by atoms with van der Waals surface area (Å²) in [5.41, 5.74) is 0. The lowest BCUT2D eigenvalue weighted by atomic mass is 10.0. The maximum atomic E-state index is 5.57. The fourth-order valence-electron chi connectivity index (χ4n) is 2.22. The molecule has 0 aliphatic carbocycles. The average Bonchev–Trinajstić information content (AvgIpc) is 3.16. The molecule has 1 fully saturated rings. The summed E-state index contributed by atoms with van der Waals surface area (Å²) in [6.45, 7) is 4.38. The highest BCUT2D eigenvalue weighted by atomic mass is 79.9. The van der Waals surface area contributed by atoms with Crippen LogP contribution in [0.5, 0.6) is 0 Å². The first kappa shape index (κ1) is 13.8. The van der Waals surface area contributed by atoms with Gasteiger partial charge in [-0.25, -0.2) is 0 Å². The molecule has 0 radical (unpaired) electrons. The normalized spacial score (nSPS) is 20.4. The molecule has 0 unspecified atom stereocenters. The van der Waals surface area contributed by atoms with Crippen molar-refractivity contribution in [3.63, 3.8) is 0 Å². The predicted molar refractivity (Wildman–Crippen MR) is 74.9 cm³/mol. The van der Waals surface area contributed by atoms with Gasteiger partial charge in [0.15, 0.2) is 10.4 Å². The van der Waals surface area contributed by atoms with Gasteiger partial charge in [-0.1, -0.05) is 0 Å². The molecule has 3 rings (SSSR count). The summed E-state index contributed by atoms with van der Waals surface area (Å²) in [6.07, 6.45) is 1.10. The zero-order chi connectivity index (χ0) is 13.9. The second-order valence-corrected chi connectivity index (χ2v) is 5.68. The van der Waals surface area contributed by atoms with Gasteiger partial charge in [0.2, 0.25) is 5.89 Å². The van der Waals surface area contributed by atoms with Crippen LogP contribution in [0.4, 0.5) is 0 Å². The van der Waals surface area contributed by atoms with Gasteiger partial charge in [-0.05, 0) is 47.3 Å². The standard InChI is InChI=1S/C13H16BrN3O3/c1-8(9-4-5-18-7-9)15-6-12-16-17-13(20-12)10-2-3-11(14)19-10/h2-3,8-9,15H,4-7H2,1H3/t8-,9+/m0/s1. The van der Waals surface area contributed by atoms with Gasteiger partial charge in [0.25, 0.3) is 5.89 Å². The Balaban J connectivity index is 1.57. The molecule has 7 heteroatoms. The van der Waals surface area contributed by atoms with Crippen LogP contribution in [0, 0.1) is 5.92 Å². The van der Waals surface area contributed by atoms with E-state index in [2.05, 4.69) is 38.4 Å². The van der Waals surface area contributed by atoms with Gasteiger partial charge in [0.1, 0.15) is 0 Å². The van der Waals surface area contributed by atoms with E-state index >= 15 is 0 Å². The monoisotopic (exact) mass is 341 g/mol. The lowest BCUT2D eigenvalue weighted by Gasteiger charge is -2.17. The lowest BCUT2D eigenvalue weighted by Crippen LogP contribution is -2.33. The first-order chi connectivity index (χ1) is 9.72. The Labute approximate surface area is 125 Å². The summed E-state index contributed by atoms with van der Waals surface area (Å²) >= 11 is 3.24. The molecule has 3 heterocycles. The fraction of sp³-hybridized carbons (Fsp3) is 0.538. The number of hydrogen-bond donors (Lipinski definition) is 1. The molecule has 0 amide bonds. The largest absolute Gasteiger partial charge is 0.444 e. The Kier molecular flexibility index (Phi) is 4.18. The van der Waals surface area contributed by atoms with E-state index in [9.17, 15) is 0 Å². The molecule has 2 aromatic rings. The molecule has 0 saturated carbocycles. The summed E-state index contributed by atoms with van der Waals surface area (Å²) in [7, 11) is 0. The van der Waals surface area contributed by atoms with Crippen LogP contribution in [0.15, 0.2) is 25.6 Å². The van der Waals surface area contributed by atoms with Gasteiger partial charge in [0, 0.05) is 12.6 Å². The van der Waals surface area contributed by atoms with Gasteiger partial charge in [-0.15, -0.1) is 10.2 Å². The number of nitrogens with zero attached hydrogens (tertiary/aromatic N) is 2. The van der Waals surface area contributed by atoms with Crippen LogP contribution in [-0.2, 0) is 11.3 Å². The van der Waals surface area contributed by atoms with Gasteiger partial charge in [-0.3, -0.25) is 0 Å². The van der Waals surface area contributed by atoms with Crippen LogP contribution in [0.3, 0.4) is 0 Å². The van der Waals surface area contributed by atoms with Crippen molar-refractivity contribution in [3.05, 3.63) is 22.7 Å². The number of nitrogens with one attached hydrogen (secondary N) is 1. The van der Waals surface area contributed by atoms with E-state index in [1.165, 1.54) is 0 Å². The Morgan fingerprint density at radius 3 is 3.00 bits per heavy atom. The van der Waals surface area contributed by atoms with Crippen molar-refractivity contribution in [3.8, 4) is 11.7 Å². The minimum absolute atomic E-state index is 0.366. The molecule has 1 aliphatic rings. The predicted octanol–water partition coefficient (Wildman–Crippen LogP) is 2.61. The second kappa shape index (κ2) is 6.07. The molecule has 2 aromatic heterocycles. The van der Waals surface area contributed by atoms with Crippen molar-refractivity contribution in [1.82, 2.24) is 15.5 Å². The molecule has 0 bridgehead atoms. The highest BCUT2D eigenvalue weighted by Gasteiger charge is 2.22. The Hall–Kier alpha value is -1.18. The number of ether oxygens (including phenoxy) is 1. The number of furan rings is 1. The molecule has 108 valence electrons. The summed E-state index contributed by atoms with van der Waals surface area (Å²) in [5.74, 6) is 2.06. The first-order valence-corrected chi connectivity index (χ1v) is 7.41. The lowest BCUT2D eigenvalue weighted by molar-refractivity contribution is 0.177. The number of halogens is 1. The van der Waals surface area contributed by atoms with Crippen molar-refractivity contribution in [2.24, 2.45) is 5.92 Å². The molecule has 0 spiro atoms. The molecule has 2 atom stereocenters. The van der Waals surface area contributed by atoms with Crippen molar-refractivity contribution >= 4 is 15.9 Å². The molecular formula is C13H16BrN3O3. The third-order valence-corrected chi connectivity index (χ3v) is 3.92. The van der Waals surface area contributed by atoms with E-state index < -0.39 is 0 Å². The number of aromatic nitrogens is 2.